The molecule has 0 aliphatic carbocycles. The maximum Gasteiger partial charge on any atom is 0.318 e. The van der Waals surface area contributed by atoms with Gasteiger partial charge in [-0.15, -0.1) is 0 Å². The van der Waals surface area contributed by atoms with Crippen LogP contribution in [0, 0.1) is 0 Å². The van der Waals surface area contributed by atoms with Crippen LogP contribution in [0.25, 0.3) is 0 Å². The minimum Gasteiger partial charge on any atom is -0.467 e. The molecule has 254 valence electrons. The average Bonchev–Trinajstić information content (AvgIpc) is 3.56. The van der Waals surface area contributed by atoms with Crippen molar-refractivity contribution < 1.29 is 13.9 Å². The van der Waals surface area contributed by atoms with Crippen LogP contribution in [-0.4, -0.2) is 86.2 Å². The molecule has 2 fully saturated rings. The fourth-order valence-corrected chi connectivity index (χ4v) is 7.12. The van der Waals surface area contributed by atoms with Crippen LogP contribution in [0.1, 0.15) is 74.9 Å². The molecular formula is C34H50Cl2FN7O2. The summed E-state index contributed by atoms with van der Waals surface area (Å²) in [6, 6.07) is 6.92. The number of methoxy groups -OCH3 is 1. The number of nitrogens with zero attached hydrogens (tertiary/aromatic N) is 5. The van der Waals surface area contributed by atoms with Crippen LogP contribution in [0.3, 0.4) is 0 Å². The van der Waals surface area contributed by atoms with Gasteiger partial charge in [-0.2, -0.15) is 9.97 Å². The number of rotatable bonds is 7. The maximum atomic E-state index is 12.6. The van der Waals surface area contributed by atoms with Gasteiger partial charge in [-0.3, -0.25) is 9.89 Å². The SMILES string of the molecule is CC.CCc1c(Cl)cccc1C1Cc2nc(OC)nc(N3CCCN=C(/C(Cl)=C(\N)CNC)C3)c2CO1.FC1CC2CCCN2C1. The molecule has 2 saturated heterocycles. The molecule has 3 atom stereocenters. The van der Waals surface area contributed by atoms with Crippen LogP contribution in [0.15, 0.2) is 33.9 Å². The van der Waals surface area contributed by atoms with E-state index in [0.717, 1.165) is 71.3 Å². The number of hydrogen-bond acceptors (Lipinski definition) is 9. The highest BCUT2D eigenvalue weighted by molar-refractivity contribution is 6.44. The smallest absolute Gasteiger partial charge is 0.318 e. The lowest BCUT2D eigenvalue weighted by atomic mass is 9.94. The molecule has 2 aromatic rings. The molecule has 9 nitrogen and oxygen atoms in total. The van der Waals surface area contributed by atoms with Gasteiger partial charge in [0.05, 0.1) is 42.8 Å². The molecule has 12 heteroatoms. The first-order valence-electron chi connectivity index (χ1n) is 16.6. The summed E-state index contributed by atoms with van der Waals surface area (Å²) < 4.78 is 24.5. The Kier molecular flexibility index (Phi) is 13.9. The molecule has 4 aliphatic heterocycles. The number of hydrogen-bond donors (Lipinski definition) is 2. The molecule has 0 amide bonds. The van der Waals surface area contributed by atoms with Gasteiger partial charge in [-0.1, -0.05) is 56.1 Å². The second kappa shape index (κ2) is 17.6. The number of fused-ring (bicyclic) bond motifs is 2. The molecule has 1 aromatic carbocycles. The number of nitrogens with two attached hydrogens (primary N) is 1. The number of anilines is 1. The third-order valence-electron chi connectivity index (χ3n) is 8.79. The predicted octanol–water partition coefficient (Wildman–Crippen LogP) is 6.01. The molecule has 0 spiro atoms. The topological polar surface area (TPSA) is 101 Å². The summed E-state index contributed by atoms with van der Waals surface area (Å²) in [6.45, 7) is 10.8. The summed E-state index contributed by atoms with van der Waals surface area (Å²) in [6.07, 6.45) is 4.99. The van der Waals surface area contributed by atoms with Gasteiger partial charge in [0.1, 0.15) is 12.0 Å². The van der Waals surface area contributed by atoms with E-state index in [9.17, 15) is 4.39 Å². The Morgan fingerprint density at radius 1 is 1.22 bits per heavy atom. The summed E-state index contributed by atoms with van der Waals surface area (Å²) in [4.78, 5) is 18.6. The lowest BCUT2D eigenvalue weighted by Gasteiger charge is -2.31. The summed E-state index contributed by atoms with van der Waals surface area (Å²) in [5.74, 6) is 0.790. The van der Waals surface area contributed by atoms with Gasteiger partial charge in [-0.05, 0) is 62.9 Å². The predicted molar refractivity (Wildman–Crippen MR) is 186 cm³/mol. The van der Waals surface area contributed by atoms with Gasteiger partial charge in [0, 0.05) is 54.9 Å². The number of nitrogens with one attached hydrogen (secondary N) is 1. The normalized spacial score (nSPS) is 23.1. The molecule has 1 aromatic heterocycles. The Hall–Kier alpha value is -2.50. The number of alkyl halides is 1. The molecule has 46 heavy (non-hydrogen) atoms. The first-order chi connectivity index (χ1) is 22.3. The molecule has 5 heterocycles. The minimum absolute atomic E-state index is 0.136. The summed E-state index contributed by atoms with van der Waals surface area (Å²) in [7, 11) is 3.42. The van der Waals surface area contributed by atoms with Crippen molar-refractivity contribution in [2.75, 3.05) is 58.3 Å². The van der Waals surface area contributed by atoms with Crippen LogP contribution >= 0.6 is 23.2 Å². The Bertz CT molecular complexity index is 1360. The van der Waals surface area contributed by atoms with E-state index in [4.69, 9.17) is 53.4 Å². The monoisotopic (exact) mass is 677 g/mol. The van der Waals surface area contributed by atoms with Crippen molar-refractivity contribution >= 4 is 34.7 Å². The van der Waals surface area contributed by atoms with Crippen molar-refractivity contribution in [3.63, 3.8) is 0 Å². The molecule has 6 rings (SSSR count). The van der Waals surface area contributed by atoms with Crippen LogP contribution in [-0.2, 0) is 24.2 Å². The molecule has 0 bridgehead atoms. The number of likely N-dealkylation sites (N-methyl/N-ethyl adjacent to an activating group) is 1. The minimum atomic E-state index is -0.518. The highest BCUT2D eigenvalue weighted by Gasteiger charge is 2.35. The molecular weight excluding hydrogens is 628 g/mol. The standard InChI is InChI=1S/C25H32Cl2N6O2.C7H12FN.C2H6/c1-4-15-16(7-5-8-18(15)26)22-11-20-17(14-35-22)24(32-25(31-20)34-3)33-10-6-9-30-21(13-33)23(27)19(28)12-29-2;8-6-4-7-2-1-3-9(7)5-6;1-2/h5,7-8,22,29H,4,6,9-14,28H2,1-3H3;6-7H,1-5H2;1-2H3/b23-19+;;. The molecule has 3 N–H and O–H groups in total. The molecule has 4 aliphatic rings. The summed E-state index contributed by atoms with van der Waals surface area (Å²) in [5.41, 5.74) is 11.6. The van der Waals surface area contributed by atoms with Crippen LogP contribution in [0.4, 0.5) is 10.2 Å². The van der Waals surface area contributed by atoms with E-state index >= 15 is 0 Å². The zero-order chi connectivity index (χ0) is 33.2. The summed E-state index contributed by atoms with van der Waals surface area (Å²) in [5, 5.41) is 4.29. The fourth-order valence-electron chi connectivity index (χ4n) is 6.62. The van der Waals surface area contributed by atoms with Crippen molar-refractivity contribution in [2.24, 2.45) is 10.7 Å². The Morgan fingerprint density at radius 3 is 2.74 bits per heavy atom. The number of ether oxygens (including phenoxy) is 2. The first kappa shape index (κ1) is 36.3. The van der Waals surface area contributed by atoms with E-state index in [1.807, 2.05) is 33.0 Å². The zero-order valence-electron chi connectivity index (χ0n) is 27.9. The Labute approximate surface area is 283 Å². The Balaban J connectivity index is 0.000000367. The van der Waals surface area contributed by atoms with Gasteiger partial charge in [0.25, 0.3) is 0 Å². The van der Waals surface area contributed by atoms with Crippen LogP contribution in [0.5, 0.6) is 6.01 Å². The quantitative estimate of drug-likeness (QED) is 0.367. The largest absolute Gasteiger partial charge is 0.467 e. The Morgan fingerprint density at radius 2 is 2.02 bits per heavy atom. The number of aliphatic imine (C=N–C) groups is 1. The van der Waals surface area contributed by atoms with Gasteiger partial charge in [0.2, 0.25) is 0 Å². The van der Waals surface area contributed by atoms with E-state index in [1.165, 1.54) is 12.8 Å². The van der Waals surface area contributed by atoms with Crippen LogP contribution in [0.2, 0.25) is 5.02 Å². The van der Waals surface area contributed by atoms with E-state index in [2.05, 4.69) is 28.1 Å². The number of aromatic nitrogens is 2. The molecule has 0 saturated carbocycles. The van der Waals surface area contributed by atoms with E-state index in [-0.39, 0.29) is 6.10 Å². The van der Waals surface area contributed by atoms with Crippen molar-refractivity contribution in [1.82, 2.24) is 20.2 Å². The average molecular weight is 679 g/mol. The highest BCUT2D eigenvalue weighted by atomic mass is 35.5. The fraction of sp³-hybridized carbons (Fsp3) is 0.618. The van der Waals surface area contributed by atoms with Gasteiger partial charge < -0.3 is 25.4 Å². The zero-order valence-corrected chi connectivity index (χ0v) is 29.4. The van der Waals surface area contributed by atoms with Crippen molar-refractivity contribution in [3.05, 3.63) is 56.3 Å². The third-order valence-corrected chi connectivity index (χ3v) is 9.60. The lowest BCUT2D eigenvalue weighted by molar-refractivity contribution is 0.0252. The summed E-state index contributed by atoms with van der Waals surface area (Å²) >= 11 is 13.1. The van der Waals surface area contributed by atoms with Crippen molar-refractivity contribution in [1.29, 1.82) is 0 Å². The van der Waals surface area contributed by atoms with Crippen molar-refractivity contribution in [3.8, 4) is 6.01 Å². The number of benzene rings is 1. The molecule has 0 radical (unpaired) electrons. The van der Waals surface area contributed by atoms with E-state index in [1.54, 1.807) is 7.11 Å². The second-order valence-corrected chi connectivity index (χ2v) is 12.5. The highest BCUT2D eigenvalue weighted by Crippen LogP contribution is 2.38. The van der Waals surface area contributed by atoms with Crippen molar-refractivity contribution in [2.45, 2.75) is 84.2 Å². The van der Waals surface area contributed by atoms with E-state index < -0.39 is 6.17 Å². The number of halogens is 3. The van der Waals surface area contributed by atoms with E-state index in [0.29, 0.717) is 62.0 Å². The maximum absolute atomic E-state index is 12.6. The van der Waals surface area contributed by atoms with Crippen LogP contribution < -0.4 is 20.7 Å². The van der Waals surface area contributed by atoms with Gasteiger partial charge in [0.15, 0.2) is 0 Å². The first-order valence-corrected chi connectivity index (χ1v) is 17.4. The van der Waals surface area contributed by atoms with Gasteiger partial charge >= 0.3 is 6.01 Å². The van der Waals surface area contributed by atoms with Gasteiger partial charge in [-0.25, -0.2) is 4.39 Å². The third kappa shape index (κ3) is 8.69. The lowest BCUT2D eigenvalue weighted by Crippen LogP contribution is -2.33. The molecule has 3 unspecified atom stereocenters. The second-order valence-electron chi connectivity index (χ2n) is 11.7.